The van der Waals surface area contributed by atoms with Crippen LogP contribution in [0.15, 0.2) is 0 Å². The van der Waals surface area contributed by atoms with Crippen LogP contribution in [0.1, 0.15) is 25.7 Å². The third-order valence-corrected chi connectivity index (χ3v) is 2.90. The van der Waals surface area contributed by atoms with E-state index in [1.54, 1.807) is 7.11 Å². The summed E-state index contributed by atoms with van der Waals surface area (Å²) in [4.78, 5) is 0.492. The molecule has 0 N–H and O–H groups in total. The first-order chi connectivity index (χ1) is 5.83. The SMILES string of the molecule is COCC(Br)CCC1CCCO1. The van der Waals surface area contributed by atoms with Gasteiger partial charge in [0.25, 0.3) is 0 Å². The van der Waals surface area contributed by atoms with Crippen molar-refractivity contribution in [3.63, 3.8) is 0 Å². The van der Waals surface area contributed by atoms with Crippen molar-refractivity contribution in [3.05, 3.63) is 0 Å². The molecule has 0 bridgehead atoms. The molecule has 0 spiro atoms. The fourth-order valence-corrected chi connectivity index (χ4v) is 2.03. The van der Waals surface area contributed by atoms with Crippen molar-refractivity contribution in [2.45, 2.75) is 36.6 Å². The molecular weight excluding hydrogens is 220 g/mol. The van der Waals surface area contributed by atoms with E-state index in [-0.39, 0.29) is 0 Å². The zero-order chi connectivity index (χ0) is 8.81. The predicted octanol–water partition coefficient (Wildman–Crippen LogP) is 2.36. The molecule has 2 unspecified atom stereocenters. The lowest BCUT2D eigenvalue weighted by Crippen LogP contribution is -2.12. The highest BCUT2D eigenvalue weighted by molar-refractivity contribution is 9.09. The lowest BCUT2D eigenvalue weighted by molar-refractivity contribution is 0.0997. The average molecular weight is 237 g/mol. The van der Waals surface area contributed by atoms with E-state index in [1.807, 2.05) is 0 Å². The van der Waals surface area contributed by atoms with E-state index in [1.165, 1.54) is 19.3 Å². The third-order valence-electron chi connectivity index (χ3n) is 2.17. The summed E-state index contributed by atoms with van der Waals surface area (Å²) in [6, 6.07) is 0. The Kier molecular flexibility index (Phi) is 5.19. The van der Waals surface area contributed by atoms with Crippen molar-refractivity contribution in [2.75, 3.05) is 20.3 Å². The molecule has 0 radical (unpaired) electrons. The second kappa shape index (κ2) is 5.95. The van der Waals surface area contributed by atoms with Gasteiger partial charge in [0.2, 0.25) is 0 Å². The molecule has 1 fully saturated rings. The Labute approximate surface area is 82.7 Å². The summed E-state index contributed by atoms with van der Waals surface area (Å²) in [6.07, 6.45) is 5.31. The summed E-state index contributed by atoms with van der Waals surface area (Å²) < 4.78 is 10.6. The summed E-state index contributed by atoms with van der Waals surface area (Å²) in [5, 5.41) is 0. The smallest absolute Gasteiger partial charge is 0.0587 e. The maximum absolute atomic E-state index is 5.52. The van der Waals surface area contributed by atoms with E-state index in [4.69, 9.17) is 9.47 Å². The molecule has 12 heavy (non-hydrogen) atoms. The maximum atomic E-state index is 5.52. The number of halogens is 1. The lowest BCUT2D eigenvalue weighted by Gasteiger charge is -2.12. The van der Waals surface area contributed by atoms with Crippen LogP contribution in [-0.4, -0.2) is 31.3 Å². The Bertz CT molecular complexity index is 113. The minimum absolute atomic E-state index is 0.492. The van der Waals surface area contributed by atoms with E-state index in [2.05, 4.69) is 15.9 Å². The van der Waals surface area contributed by atoms with Gasteiger partial charge in [0.05, 0.1) is 12.7 Å². The van der Waals surface area contributed by atoms with Crippen molar-refractivity contribution in [2.24, 2.45) is 0 Å². The minimum atomic E-state index is 0.492. The molecule has 0 aromatic heterocycles. The highest BCUT2D eigenvalue weighted by atomic mass is 79.9. The number of ether oxygens (including phenoxy) is 2. The molecule has 1 aliphatic rings. The van der Waals surface area contributed by atoms with Crippen LogP contribution in [0.5, 0.6) is 0 Å². The molecule has 1 aliphatic heterocycles. The van der Waals surface area contributed by atoms with Crippen molar-refractivity contribution in [1.29, 1.82) is 0 Å². The van der Waals surface area contributed by atoms with Gasteiger partial charge < -0.3 is 9.47 Å². The highest BCUT2D eigenvalue weighted by Gasteiger charge is 2.16. The van der Waals surface area contributed by atoms with Crippen LogP contribution in [0, 0.1) is 0 Å². The molecule has 2 nitrogen and oxygen atoms in total. The first-order valence-electron chi connectivity index (χ1n) is 4.57. The first-order valence-corrected chi connectivity index (χ1v) is 5.49. The largest absolute Gasteiger partial charge is 0.384 e. The van der Waals surface area contributed by atoms with E-state index in [0.29, 0.717) is 10.9 Å². The fourth-order valence-electron chi connectivity index (χ4n) is 1.50. The van der Waals surface area contributed by atoms with E-state index >= 15 is 0 Å². The van der Waals surface area contributed by atoms with Gasteiger partial charge in [-0.2, -0.15) is 0 Å². The number of alkyl halides is 1. The molecule has 2 atom stereocenters. The van der Waals surface area contributed by atoms with Gasteiger partial charge in [-0.1, -0.05) is 15.9 Å². The third kappa shape index (κ3) is 3.87. The molecule has 0 amide bonds. The Balaban J connectivity index is 1.99. The van der Waals surface area contributed by atoms with E-state index in [0.717, 1.165) is 19.6 Å². The van der Waals surface area contributed by atoms with Crippen LogP contribution in [0.4, 0.5) is 0 Å². The van der Waals surface area contributed by atoms with Crippen LogP contribution in [0.25, 0.3) is 0 Å². The summed E-state index contributed by atoms with van der Waals surface area (Å²) in [5.41, 5.74) is 0. The molecule has 72 valence electrons. The van der Waals surface area contributed by atoms with Gasteiger partial charge in [-0.05, 0) is 25.7 Å². The highest BCUT2D eigenvalue weighted by Crippen LogP contribution is 2.19. The van der Waals surface area contributed by atoms with Crippen molar-refractivity contribution in [3.8, 4) is 0 Å². The van der Waals surface area contributed by atoms with Crippen LogP contribution in [0.2, 0.25) is 0 Å². The number of rotatable bonds is 5. The van der Waals surface area contributed by atoms with Crippen molar-refractivity contribution >= 4 is 15.9 Å². The molecular formula is C9H17BrO2. The van der Waals surface area contributed by atoms with Crippen LogP contribution < -0.4 is 0 Å². The summed E-state index contributed by atoms with van der Waals surface area (Å²) >= 11 is 3.56. The Morgan fingerprint density at radius 2 is 2.50 bits per heavy atom. The number of methoxy groups -OCH3 is 1. The molecule has 0 aromatic rings. The van der Waals surface area contributed by atoms with Gasteiger partial charge >= 0.3 is 0 Å². The second-order valence-corrected chi connectivity index (χ2v) is 4.56. The molecule has 0 aromatic carbocycles. The topological polar surface area (TPSA) is 18.5 Å². The molecule has 1 heterocycles. The second-order valence-electron chi connectivity index (χ2n) is 3.27. The Hall–Kier alpha value is 0.400. The molecule has 0 saturated carbocycles. The molecule has 1 saturated heterocycles. The van der Waals surface area contributed by atoms with Gasteiger partial charge in [0, 0.05) is 18.5 Å². The summed E-state index contributed by atoms with van der Waals surface area (Å²) in [6.45, 7) is 1.76. The van der Waals surface area contributed by atoms with Gasteiger partial charge in [-0.3, -0.25) is 0 Å². The van der Waals surface area contributed by atoms with Gasteiger partial charge in [-0.15, -0.1) is 0 Å². The van der Waals surface area contributed by atoms with E-state index < -0.39 is 0 Å². The molecule has 0 aliphatic carbocycles. The minimum Gasteiger partial charge on any atom is -0.384 e. The summed E-state index contributed by atoms with van der Waals surface area (Å²) in [5.74, 6) is 0. The molecule has 1 rings (SSSR count). The van der Waals surface area contributed by atoms with Gasteiger partial charge in [0.1, 0.15) is 0 Å². The van der Waals surface area contributed by atoms with E-state index in [9.17, 15) is 0 Å². The first kappa shape index (κ1) is 10.5. The lowest BCUT2D eigenvalue weighted by atomic mass is 10.1. The Morgan fingerprint density at radius 3 is 3.08 bits per heavy atom. The van der Waals surface area contributed by atoms with Crippen LogP contribution in [0.3, 0.4) is 0 Å². The average Bonchev–Trinajstić information content (AvgIpc) is 2.53. The fraction of sp³-hybridized carbons (Fsp3) is 1.00. The van der Waals surface area contributed by atoms with Gasteiger partial charge in [-0.25, -0.2) is 0 Å². The quantitative estimate of drug-likeness (QED) is 0.683. The summed E-state index contributed by atoms with van der Waals surface area (Å²) in [7, 11) is 1.74. The number of hydrogen-bond donors (Lipinski definition) is 0. The van der Waals surface area contributed by atoms with Crippen LogP contribution >= 0.6 is 15.9 Å². The Morgan fingerprint density at radius 1 is 1.67 bits per heavy atom. The zero-order valence-corrected chi connectivity index (χ0v) is 9.18. The van der Waals surface area contributed by atoms with Crippen molar-refractivity contribution < 1.29 is 9.47 Å². The monoisotopic (exact) mass is 236 g/mol. The predicted molar refractivity (Wildman–Crippen MR) is 52.8 cm³/mol. The number of hydrogen-bond acceptors (Lipinski definition) is 2. The standard InChI is InChI=1S/C9H17BrO2/c1-11-7-8(10)4-5-9-3-2-6-12-9/h8-9H,2-7H2,1H3. The van der Waals surface area contributed by atoms with Gasteiger partial charge in [0.15, 0.2) is 0 Å². The maximum Gasteiger partial charge on any atom is 0.0587 e. The normalized spacial score (nSPS) is 26.0. The van der Waals surface area contributed by atoms with Crippen molar-refractivity contribution in [1.82, 2.24) is 0 Å². The van der Waals surface area contributed by atoms with Crippen LogP contribution in [-0.2, 0) is 9.47 Å². The zero-order valence-electron chi connectivity index (χ0n) is 7.59. The molecule has 3 heteroatoms.